The van der Waals surface area contributed by atoms with E-state index < -0.39 is 0 Å². The van der Waals surface area contributed by atoms with Gasteiger partial charge in [-0.25, -0.2) is 0 Å². The lowest BCUT2D eigenvalue weighted by atomic mass is 9.69. The molecule has 248 valence electrons. The fraction of sp³-hybridized carbons (Fsp3) is 0.292. The molecule has 0 heterocycles. The maximum Gasteiger partial charge on any atom is 0.0461 e. The van der Waals surface area contributed by atoms with Gasteiger partial charge in [-0.3, -0.25) is 0 Å². The summed E-state index contributed by atoms with van der Waals surface area (Å²) in [6.07, 6.45) is 9.12. The summed E-state index contributed by atoms with van der Waals surface area (Å²) in [5.41, 5.74) is 15.6. The molecule has 0 spiro atoms. The van der Waals surface area contributed by atoms with Crippen LogP contribution in [0.15, 0.2) is 139 Å². The molecule has 2 aliphatic rings. The molecule has 5 aromatic rings. The van der Waals surface area contributed by atoms with Crippen molar-refractivity contribution in [2.75, 3.05) is 4.90 Å². The third-order valence-electron chi connectivity index (χ3n) is 11.4. The number of para-hydroxylation sites is 1. The van der Waals surface area contributed by atoms with Crippen molar-refractivity contribution in [3.05, 3.63) is 167 Å². The SMILES string of the molecule is CCC(C)(C)c1ccc2c(c1)C(C)(c1ccccc1-c1ccc(N(C3=CCC(C)C=C3)c3ccccc3)cc1)c1cc(C(C)(C)C)ccc1-2. The van der Waals surface area contributed by atoms with Crippen molar-refractivity contribution in [3.63, 3.8) is 0 Å². The smallest absolute Gasteiger partial charge is 0.0461 e. The Morgan fingerprint density at radius 1 is 0.653 bits per heavy atom. The van der Waals surface area contributed by atoms with Crippen molar-refractivity contribution >= 4 is 11.4 Å². The van der Waals surface area contributed by atoms with Crippen LogP contribution in [0.3, 0.4) is 0 Å². The summed E-state index contributed by atoms with van der Waals surface area (Å²) in [6, 6.07) is 43.6. The van der Waals surface area contributed by atoms with E-state index in [9.17, 15) is 0 Å². The zero-order valence-corrected chi connectivity index (χ0v) is 30.6. The Kier molecular flexibility index (Phi) is 8.30. The molecule has 0 N–H and O–H groups in total. The van der Waals surface area contributed by atoms with Crippen LogP contribution in [0.1, 0.15) is 96.0 Å². The Morgan fingerprint density at radius 2 is 1.24 bits per heavy atom. The van der Waals surface area contributed by atoms with E-state index in [2.05, 4.69) is 194 Å². The Balaban J connectivity index is 1.38. The summed E-state index contributed by atoms with van der Waals surface area (Å²) < 4.78 is 0. The number of fused-ring (bicyclic) bond motifs is 3. The first-order valence-corrected chi connectivity index (χ1v) is 18.2. The number of benzene rings is 5. The van der Waals surface area contributed by atoms with Crippen LogP contribution in [0, 0.1) is 5.92 Å². The molecule has 7 rings (SSSR count). The first kappa shape index (κ1) is 32.9. The number of rotatable bonds is 7. The molecule has 0 radical (unpaired) electrons. The first-order valence-electron chi connectivity index (χ1n) is 18.2. The minimum atomic E-state index is -0.314. The predicted molar refractivity (Wildman–Crippen MR) is 211 cm³/mol. The minimum absolute atomic E-state index is 0.0566. The summed E-state index contributed by atoms with van der Waals surface area (Å²) in [7, 11) is 0. The minimum Gasteiger partial charge on any atom is -0.311 e. The largest absolute Gasteiger partial charge is 0.311 e. The molecule has 5 aromatic carbocycles. The molecule has 1 nitrogen and oxygen atoms in total. The summed E-state index contributed by atoms with van der Waals surface area (Å²) in [5.74, 6) is 0.566. The van der Waals surface area contributed by atoms with E-state index in [0.29, 0.717) is 5.92 Å². The normalized spacial score (nSPS) is 18.5. The van der Waals surface area contributed by atoms with Gasteiger partial charge in [0.25, 0.3) is 0 Å². The van der Waals surface area contributed by atoms with Gasteiger partial charge in [0.2, 0.25) is 0 Å². The Hall–Kier alpha value is -4.62. The lowest BCUT2D eigenvalue weighted by Crippen LogP contribution is -2.25. The van der Waals surface area contributed by atoms with E-state index in [1.54, 1.807) is 0 Å². The number of anilines is 2. The van der Waals surface area contributed by atoms with E-state index in [1.807, 2.05) is 0 Å². The van der Waals surface area contributed by atoms with Crippen LogP contribution < -0.4 is 4.90 Å². The molecule has 0 aliphatic heterocycles. The molecule has 0 saturated heterocycles. The third-order valence-corrected chi connectivity index (χ3v) is 11.4. The van der Waals surface area contributed by atoms with E-state index >= 15 is 0 Å². The standard InChI is InChI=1S/C48H51N/c1-9-47(6,7)36-24-30-42-41-29-23-35(46(3,4)5)31-44(41)48(8,45(42)32-36)43-18-14-13-17-40(43)34-21-27-39(28-22-34)49(37-15-11-10-12-16-37)38-25-19-33(2)20-26-38/h10-19,21-33H,9,20H2,1-8H3. The highest BCUT2D eigenvalue weighted by molar-refractivity contribution is 5.87. The molecule has 2 atom stereocenters. The second-order valence-electron chi connectivity index (χ2n) is 16.1. The van der Waals surface area contributed by atoms with E-state index in [0.717, 1.165) is 12.8 Å². The monoisotopic (exact) mass is 641 g/mol. The summed E-state index contributed by atoms with van der Waals surface area (Å²) in [6.45, 7) is 18.8. The fourth-order valence-electron chi connectivity index (χ4n) is 7.78. The van der Waals surface area contributed by atoms with Crippen molar-refractivity contribution in [2.24, 2.45) is 5.92 Å². The van der Waals surface area contributed by atoms with Gasteiger partial charge in [0, 0.05) is 22.5 Å². The fourth-order valence-corrected chi connectivity index (χ4v) is 7.78. The van der Waals surface area contributed by atoms with Crippen molar-refractivity contribution in [3.8, 4) is 22.3 Å². The average molecular weight is 642 g/mol. The lowest BCUT2D eigenvalue weighted by molar-refractivity contribution is 0.505. The Bertz CT molecular complexity index is 2050. The van der Waals surface area contributed by atoms with Gasteiger partial charge in [-0.2, -0.15) is 0 Å². The van der Waals surface area contributed by atoms with Gasteiger partial charge >= 0.3 is 0 Å². The highest BCUT2D eigenvalue weighted by atomic mass is 15.1. The van der Waals surface area contributed by atoms with Gasteiger partial charge in [-0.05, 0) is 117 Å². The molecule has 0 aromatic heterocycles. The second kappa shape index (κ2) is 12.4. The molecular formula is C48H51N. The van der Waals surface area contributed by atoms with Gasteiger partial charge in [-0.15, -0.1) is 0 Å². The van der Waals surface area contributed by atoms with Crippen molar-refractivity contribution in [1.29, 1.82) is 0 Å². The van der Waals surface area contributed by atoms with E-state index in [1.165, 1.54) is 67.1 Å². The topological polar surface area (TPSA) is 3.24 Å². The van der Waals surface area contributed by atoms with E-state index in [-0.39, 0.29) is 16.2 Å². The molecule has 0 bridgehead atoms. The number of hydrogen-bond donors (Lipinski definition) is 0. The van der Waals surface area contributed by atoms with Gasteiger partial charge in [0.15, 0.2) is 0 Å². The van der Waals surface area contributed by atoms with Crippen molar-refractivity contribution < 1.29 is 0 Å². The molecular weight excluding hydrogens is 591 g/mol. The molecule has 0 fully saturated rings. The van der Waals surface area contributed by atoms with Crippen LogP contribution in [-0.2, 0) is 16.2 Å². The molecule has 0 amide bonds. The molecule has 1 heteroatoms. The molecule has 49 heavy (non-hydrogen) atoms. The Labute approximate surface area is 295 Å². The second-order valence-corrected chi connectivity index (χ2v) is 16.1. The number of allylic oxidation sites excluding steroid dienone is 3. The third kappa shape index (κ3) is 5.78. The maximum atomic E-state index is 2.53. The molecule has 2 aliphatic carbocycles. The number of nitrogens with zero attached hydrogens (tertiary/aromatic N) is 1. The average Bonchev–Trinajstić information content (AvgIpc) is 3.37. The number of hydrogen-bond acceptors (Lipinski definition) is 1. The van der Waals surface area contributed by atoms with Crippen LogP contribution in [0.5, 0.6) is 0 Å². The molecule has 0 saturated carbocycles. The van der Waals surface area contributed by atoms with Crippen LogP contribution in [0.2, 0.25) is 0 Å². The highest BCUT2D eigenvalue weighted by Gasteiger charge is 2.43. The Morgan fingerprint density at radius 3 is 1.86 bits per heavy atom. The zero-order valence-electron chi connectivity index (χ0n) is 30.6. The van der Waals surface area contributed by atoms with Crippen molar-refractivity contribution in [2.45, 2.75) is 84.5 Å². The van der Waals surface area contributed by atoms with Crippen LogP contribution in [0.4, 0.5) is 11.4 Å². The maximum absolute atomic E-state index is 2.53. The lowest BCUT2D eigenvalue weighted by Gasteiger charge is -2.33. The van der Waals surface area contributed by atoms with Gasteiger partial charge in [-0.1, -0.05) is 152 Å². The van der Waals surface area contributed by atoms with Crippen molar-refractivity contribution in [1.82, 2.24) is 0 Å². The summed E-state index contributed by atoms with van der Waals surface area (Å²) in [4.78, 5) is 2.38. The van der Waals surface area contributed by atoms with Crippen LogP contribution in [0.25, 0.3) is 22.3 Å². The van der Waals surface area contributed by atoms with Gasteiger partial charge in [0.05, 0.1) is 0 Å². The summed E-state index contributed by atoms with van der Waals surface area (Å²) >= 11 is 0. The highest BCUT2D eigenvalue weighted by Crippen LogP contribution is 2.55. The summed E-state index contributed by atoms with van der Waals surface area (Å²) in [5, 5.41) is 0. The van der Waals surface area contributed by atoms with Gasteiger partial charge < -0.3 is 4.90 Å². The van der Waals surface area contributed by atoms with Crippen LogP contribution >= 0.6 is 0 Å². The first-order chi connectivity index (χ1) is 23.4. The predicted octanol–water partition coefficient (Wildman–Crippen LogP) is 13.3. The zero-order chi connectivity index (χ0) is 34.6. The molecule has 2 unspecified atom stereocenters. The quantitative estimate of drug-likeness (QED) is 0.171. The van der Waals surface area contributed by atoms with E-state index in [4.69, 9.17) is 0 Å². The van der Waals surface area contributed by atoms with Gasteiger partial charge in [0.1, 0.15) is 0 Å². The van der Waals surface area contributed by atoms with Crippen LogP contribution in [-0.4, -0.2) is 0 Å².